The molecule has 0 saturated heterocycles. The molecule has 1 aromatic carbocycles. The maximum absolute atomic E-state index is 12.2. The van der Waals surface area contributed by atoms with Crippen LogP contribution in [0.25, 0.3) is 0 Å². The average molecular weight is 270 g/mol. The Morgan fingerprint density at radius 2 is 1.95 bits per heavy atom. The maximum atomic E-state index is 12.2. The van der Waals surface area contributed by atoms with Crippen molar-refractivity contribution in [2.75, 3.05) is 0 Å². The topological polar surface area (TPSA) is 17.1 Å². The van der Waals surface area contributed by atoms with Crippen molar-refractivity contribution >= 4 is 19.0 Å². The normalized spacial score (nSPS) is 15.2. The van der Waals surface area contributed by atoms with E-state index < -0.39 is 8.07 Å². The number of Topliss-reactive ketones (excluding diaryl/α,β-unsaturated/α-hetero) is 1. The molecule has 0 spiro atoms. The second-order valence-electron chi connectivity index (χ2n) is 5.82. The van der Waals surface area contributed by atoms with Gasteiger partial charge in [-0.25, -0.2) is 0 Å². The fourth-order valence-electron chi connectivity index (χ4n) is 2.51. The summed E-state index contributed by atoms with van der Waals surface area (Å²) in [5.41, 5.74) is 1.03. The van der Waals surface area contributed by atoms with E-state index in [4.69, 9.17) is 0 Å². The van der Waals surface area contributed by atoms with Crippen molar-refractivity contribution in [1.29, 1.82) is 0 Å². The number of benzene rings is 1. The molecule has 0 N–H and O–H groups in total. The molecule has 1 aromatic rings. The third-order valence-electron chi connectivity index (χ3n) is 4.15. The van der Waals surface area contributed by atoms with Crippen molar-refractivity contribution < 1.29 is 4.79 Å². The van der Waals surface area contributed by atoms with Crippen LogP contribution in [0.15, 0.2) is 53.8 Å². The molecule has 0 bridgehead atoms. The molecule has 2 rings (SSSR count). The van der Waals surface area contributed by atoms with Gasteiger partial charge in [0.2, 0.25) is 0 Å². The Morgan fingerprint density at radius 3 is 2.53 bits per heavy atom. The lowest BCUT2D eigenvalue weighted by Gasteiger charge is -2.25. The zero-order chi connectivity index (χ0) is 13.9. The minimum absolute atomic E-state index is 0.291. The first kappa shape index (κ1) is 14.0. The molecule has 0 aromatic heterocycles. The Hall–Kier alpha value is -1.41. The van der Waals surface area contributed by atoms with E-state index in [1.54, 1.807) is 0 Å². The monoisotopic (exact) mass is 270 g/mol. The molecule has 0 saturated carbocycles. The van der Waals surface area contributed by atoms with E-state index in [1.165, 1.54) is 5.19 Å². The lowest BCUT2D eigenvalue weighted by atomic mass is 10.1. The number of hydrogen-bond donors (Lipinski definition) is 0. The number of rotatable bonds is 5. The Balaban J connectivity index is 2.09. The molecule has 19 heavy (non-hydrogen) atoms. The summed E-state index contributed by atoms with van der Waals surface area (Å²) in [4.78, 5) is 12.2. The van der Waals surface area contributed by atoms with E-state index in [1.807, 2.05) is 6.07 Å². The van der Waals surface area contributed by atoms with Gasteiger partial charge in [-0.2, -0.15) is 0 Å². The van der Waals surface area contributed by atoms with Crippen molar-refractivity contribution in [1.82, 2.24) is 0 Å². The fraction of sp³-hybridized carbons (Fsp3) is 0.353. The highest BCUT2D eigenvalue weighted by Gasteiger charge is 2.28. The molecule has 1 nitrogen and oxygen atoms in total. The number of carbonyl (C=O) groups is 1. The fourth-order valence-corrected chi connectivity index (χ4v) is 4.55. The third-order valence-corrected chi connectivity index (χ3v) is 7.87. The maximum Gasteiger partial charge on any atom is 0.162 e. The van der Waals surface area contributed by atoms with Crippen LogP contribution in [0.4, 0.5) is 0 Å². The zero-order valence-corrected chi connectivity index (χ0v) is 12.9. The largest absolute Gasteiger partial charge is 0.294 e. The molecule has 0 radical (unpaired) electrons. The Kier molecular flexibility index (Phi) is 4.20. The number of carbonyl (C=O) groups excluding carboxylic acids is 1. The van der Waals surface area contributed by atoms with Gasteiger partial charge in [-0.1, -0.05) is 59.9 Å². The van der Waals surface area contributed by atoms with E-state index in [9.17, 15) is 4.79 Å². The predicted molar refractivity (Wildman–Crippen MR) is 84.3 cm³/mol. The molecule has 0 heterocycles. The summed E-state index contributed by atoms with van der Waals surface area (Å²) >= 11 is 0. The first-order valence-electron chi connectivity index (χ1n) is 6.98. The molecule has 0 amide bonds. The zero-order valence-electron chi connectivity index (χ0n) is 11.9. The molecule has 0 unspecified atom stereocenters. The summed E-state index contributed by atoms with van der Waals surface area (Å²) in [7, 11) is -1.74. The van der Waals surface area contributed by atoms with Gasteiger partial charge in [0.05, 0.1) is 0 Å². The molecule has 1 aliphatic carbocycles. The van der Waals surface area contributed by atoms with Gasteiger partial charge in [-0.05, 0) is 24.8 Å². The molecule has 0 atom stereocenters. The van der Waals surface area contributed by atoms with E-state index in [0.29, 0.717) is 12.2 Å². The highest BCUT2D eigenvalue weighted by atomic mass is 28.3. The number of ketones is 1. The lowest BCUT2D eigenvalue weighted by molar-refractivity contribution is -0.114. The van der Waals surface area contributed by atoms with Gasteiger partial charge in [-0.15, -0.1) is 6.58 Å². The van der Waals surface area contributed by atoms with E-state index >= 15 is 0 Å². The van der Waals surface area contributed by atoms with Gasteiger partial charge in [0, 0.05) is 6.42 Å². The van der Waals surface area contributed by atoms with E-state index in [2.05, 4.69) is 50.0 Å². The van der Waals surface area contributed by atoms with Gasteiger partial charge in [-0.3, -0.25) is 4.79 Å². The Morgan fingerprint density at radius 1 is 1.26 bits per heavy atom. The van der Waals surface area contributed by atoms with Gasteiger partial charge in [0.15, 0.2) is 5.78 Å². The highest BCUT2D eigenvalue weighted by Crippen LogP contribution is 2.24. The van der Waals surface area contributed by atoms with Gasteiger partial charge in [0.25, 0.3) is 0 Å². The summed E-state index contributed by atoms with van der Waals surface area (Å²) in [6, 6.07) is 10.5. The summed E-state index contributed by atoms with van der Waals surface area (Å²) in [6.45, 7) is 8.79. The number of hydrogen-bond acceptors (Lipinski definition) is 1. The van der Waals surface area contributed by atoms with Gasteiger partial charge >= 0.3 is 0 Å². The molecule has 0 aliphatic heterocycles. The standard InChI is InChI=1S/C17H22OSi/c1-14(13-17(18)15-9-7-8-10-15)19(2,3)16-11-5-4-6-12-16/h4-6,9,11-12H,1,7-8,10,13H2,2-3H3. The van der Waals surface area contributed by atoms with Crippen LogP contribution in [0.3, 0.4) is 0 Å². The first-order valence-corrected chi connectivity index (χ1v) is 9.98. The number of allylic oxidation sites excluding steroid dienone is 3. The van der Waals surface area contributed by atoms with Crippen LogP contribution in [-0.2, 0) is 4.79 Å². The van der Waals surface area contributed by atoms with Crippen LogP contribution < -0.4 is 5.19 Å². The van der Waals surface area contributed by atoms with Crippen LogP contribution in [0.5, 0.6) is 0 Å². The molecule has 0 fully saturated rings. The van der Waals surface area contributed by atoms with Crippen LogP contribution in [0, 0.1) is 0 Å². The molecular formula is C17H22OSi. The Labute approximate surface area is 117 Å². The summed E-state index contributed by atoms with van der Waals surface area (Å²) in [5.74, 6) is 0.291. The molecular weight excluding hydrogens is 248 g/mol. The van der Waals surface area contributed by atoms with Crippen molar-refractivity contribution in [3.63, 3.8) is 0 Å². The van der Waals surface area contributed by atoms with Crippen molar-refractivity contribution in [2.24, 2.45) is 0 Å². The first-order chi connectivity index (χ1) is 9.01. The quantitative estimate of drug-likeness (QED) is 0.744. The highest BCUT2D eigenvalue weighted by molar-refractivity contribution is 6.95. The average Bonchev–Trinajstić information content (AvgIpc) is 2.93. The minimum Gasteiger partial charge on any atom is -0.294 e. The summed E-state index contributed by atoms with van der Waals surface area (Å²) in [6.07, 6.45) is 5.78. The second kappa shape index (κ2) is 5.70. The van der Waals surface area contributed by atoms with E-state index in [0.717, 1.165) is 30.0 Å². The van der Waals surface area contributed by atoms with Crippen LogP contribution in [0.2, 0.25) is 13.1 Å². The molecule has 1 aliphatic rings. The van der Waals surface area contributed by atoms with Crippen molar-refractivity contribution in [3.8, 4) is 0 Å². The summed E-state index contributed by atoms with van der Waals surface area (Å²) < 4.78 is 0. The van der Waals surface area contributed by atoms with Crippen molar-refractivity contribution in [2.45, 2.75) is 38.8 Å². The predicted octanol–water partition coefficient (Wildman–Crippen LogP) is 3.77. The second-order valence-corrected chi connectivity index (χ2v) is 10.4. The van der Waals surface area contributed by atoms with Crippen LogP contribution in [-0.4, -0.2) is 13.9 Å². The van der Waals surface area contributed by atoms with E-state index in [-0.39, 0.29) is 0 Å². The Bertz CT molecular complexity index is 511. The SMILES string of the molecule is C=C(CC(=O)C1=CCCC1)[Si](C)(C)c1ccccc1. The summed E-state index contributed by atoms with van der Waals surface area (Å²) in [5, 5.41) is 2.49. The van der Waals surface area contributed by atoms with Crippen LogP contribution in [0.1, 0.15) is 25.7 Å². The smallest absolute Gasteiger partial charge is 0.162 e. The van der Waals surface area contributed by atoms with Gasteiger partial charge in [0.1, 0.15) is 8.07 Å². The molecule has 100 valence electrons. The lowest BCUT2D eigenvalue weighted by Crippen LogP contribution is -2.44. The molecule has 2 heteroatoms. The van der Waals surface area contributed by atoms with Crippen LogP contribution >= 0.6 is 0 Å². The van der Waals surface area contributed by atoms with Crippen molar-refractivity contribution in [3.05, 3.63) is 53.8 Å². The third kappa shape index (κ3) is 3.13. The minimum atomic E-state index is -1.74. The van der Waals surface area contributed by atoms with Gasteiger partial charge < -0.3 is 0 Å².